The first-order valence-electron chi connectivity index (χ1n) is 12.3. The summed E-state index contributed by atoms with van der Waals surface area (Å²) in [5.41, 5.74) is 3.41. The van der Waals surface area contributed by atoms with Crippen LogP contribution in [-0.2, 0) is 11.0 Å². The number of aryl methyl sites for hydroxylation is 1. The van der Waals surface area contributed by atoms with Crippen LogP contribution in [0.1, 0.15) is 43.4 Å². The molecule has 0 spiro atoms. The molecule has 10 heteroatoms. The second kappa shape index (κ2) is 9.87. The van der Waals surface area contributed by atoms with Gasteiger partial charge in [-0.2, -0.15) is 18.3 Å². The minimum absolute atomic E-state index is 0.107. The number of halogens is 4. The summed E-state index contributed by atoms with van der Waals surface area (Å²) >= 11 is 0. The van der Waals surface area contributed by atoms with Crippen LogP contribution >= 0.6 is 0 Å². The summed E-state index contributed by atoms with van der Waals surface area (Å²) in [6.07, 6.45) is 0.409. The number of benzene rings is 2. The van der Waals surface area contributed by atoms with Gasteiger partial charge in [0.05, 0.1) is 34.3 Å². The molecule has 2 heterocycles. The maximum Gasteiger partial charge on any atom is 0.392 e. The Balaban J connectivity index is 1.49. The molecule has 2 aliphatic rings. The van der Waals surface area contributed by atoms with Crippen LogP contribution in [0.2, 0.25) is 0 Å². The summed E-state index contributed by atoms with van der Waals surface area (Å²) in [6, 6.07) is 9.72. The van der Waals surface area contributed by atoms with Crippen molar-refractivity contribution in [1.82, 2.24) is 19.0 Å². The van der Waals surface area contributed by atoms with Gasteiger partial charge in [0.15, 0.2) is 0 Å². The van der Waals surface area contributed by atoms with Crippen LogP contribution < -0.4 is 0 Å². The van der Waals surface area contributed by atoms with E-state index in [2.05, 4.69) is 5.10 Å². The fraction of sp³-hybridized carbons (Fsp3) is 0.500. The quantitative estimate of drug-likeness (QED) is 0.399. The molecule has 5 nitrogen and oxygen atoms in total. The molecule has 1 aliphatic carbocycles. The van der Waals surface area contributed by atoms with E-state index in [-0.39, 0.29) is 23.7 Å². The first-order chi connectivity index (χ1) is 17.1. The van der Waals surface area contributed by atoms with Crippen LogP contribution in [0.5, 0.6) is 0 Å². The second-order valence-electron chi connectivity index (χ2n) is 9.97. The van der Waals surface area contributed by atoms with Crippen LogP contribution in [0.15, 0.2) is 42.6 Å². The van der Waals surface area contributed by atoms with E-state index in [1.807, 2.05) is 28.3 Å². The monoisotopic (exact) mass is 522 g/mol. The zero-order valence-electron chi connectivity index (χ0n) is 20.3. The van der Waals surface area contributed by atoms with E-state index in [1.54, 1.807) is 23.0 Å². The van der Waals surface area contributed by atoms with Gasteiger partial charge < -0.3 is 0 Å². The molecule has 5 rings (SSSR count). The van der Waals surface area contributed by atoms with Crippen LogP contribution in [-0.4, -0.2) is 60.8 Å². The lowest BCUT2D eigenvalue weighted by molar-refractivity contribution is -0.176. The van der Waals surface area contributed by atoms with Gasteiger partial charge in [-0.15, -0.1) is 0 Å². The molecule has 2 aromatic carbocycles. The lowest BCUT2D eigenvalue weighted by Crippen LogP contribution is -2.52. The van der Waals surface area contributed by atoms with Crippen LogP contribution in [0, 0.1) is 18.7 Å². The molecule has 0 N–H and O–H groups in total. The number of hydrogen-bond donors (Lipinski definition) is 0. The van der Waals surface area contributed by atoms with Crippen molar-refractivity contribution in [2.24, 2.45) is 5.92 Å². The van der Waals surface area contributed by atoms with Gasteiger partial charge >= 0.3 is 6.18 Å². The zero-order valence-corrected chi connectivity index (χ0v) is 21.2. The van der Waals surface area contributed by atoms with Gasteiger partial charge in [-0.25, -0.2) is 17.6 Å². The van der Waals surface area contributed by atoms with Gasteiger partial charge in [0, 0.05) is 42.9 Å². The summed E-state index contributed by atoms with van der Waals surface area (Å²) in [5.74, 6) is -1.79. The predicted octanol–water partition coefficient (Wildman–Crippen LogP) is 5.55. The third-order valence-corrected chi connectivity index (χ3v) is 9.38. The molecule has 2 fully saturated rings. The molecular weight excluding hydrogens is 492 g/mol. The van der Waals surface area contributed by atoms with Crippen LogP contribution in [0.25, 0.3) is 16.6 Å². The third kappa shape index (κ3) is 4.95. The summed E-state index contributed by atoms with van der Waals surface area (Å²) in [7, 11) is -1.12. The van der Waals surface area contributed by atoms with Gasteiger partial charge in [-0.1, -0.05) is 13.3 Å². The number of nitrogens with zero attached hydrogens (tertiary/aromatic N) is 4. The second-order valence-corrected chi connectivity index (χ2v) is 11.7. The molecule has 0 bridgehead atoms. The van der Waals surface area contributed by atoms with Crippen molar-refractivity contribution in [2.45, 2.75) is 50.6 Å². The maximum atomic E-state index is 13.5. The van der Waals surface area contributed by atoms with Crippen LogP contribution in [0.4, 0.5) is 17.6 Å². The van der Waals surface area contributed by atoms with Crippen molar-refractivity contribution < 1.29 is 21.8 Å². The highest BCUT2D eigenvalue weighted by atomic mass is 32.2. The summed E-state index contributed by atoms with van der Waals surface area (Å²) in [6.45, 7) is 4.41. The number of aromatic nitrogens is 2. The van der Waals surface area contributed by atoms with Crippen molar-refractivity contribution in [3.63, 3.8) is 0 Å². The smallest absolute Gasteiger partial charge is 0.293 e. The van der Waals surface area contributed by atoms with Crippen molar-refractivity contribution >= 4 is 21.9 Å². The molecule has 1 saturated carbocycles. The van der Waals surface area contributed by atoms with E-state index in [0.29, 0.717) is 19.6 Å². The van der Waals surface area contributed by atoms with E-state index in [9.17, 15) is 21.8 Å². The fourth-order valence-electron chi connectivity index (χ4n) is 5.05. The Labute approximate surface area is 210 Å². The number of piperazine rings is 1. The first kappa shape index (κ1) is 25.4. The Hall–Kier alpha value is -2.30. The Morgan fingerprint density at radius 3 is 2.50 bits per heavy atom. The third-order valence-electron chi connectivity index (χ3n) is 7.50. The van der Waals surface area contributed by atoms with Crippen molar-refractivity contribution in [3.05, 3.63) is 59.5 Å². The molecule has 1 aliphatic heterocycles. The van der Waals surface area contributed by atoms with Gasteiger partial charge in [-0.3, -0.25) is 4.90 Å². The van der Waals surface area contributed by atoms with Crippen molar-refractivity contribution in [1.29, 1.82) is 0 Å². The maximum absolute atomic E-state index is 13.5. The molecule has 36 heavy (non-hydrogen) atoms. The summed E-state index contributed by atoms with van der Waals surface area (Å²) < 4.78 is 70.6. The molecule has 1 saturated heterocycles. The Kier molecular flexibility index (Phi) is 6.95. The van der Waals surface area contributed by atoms with Crippen LogP contribution in [0.3, 0.4) is 0 Å². The summed E-state index contributed by atoms with van der Waals surface area (Å²) in [5, 5.41) is 5.48. The Bertz CT molecular complexity index is 1260. The highest BCUT2D eigenvalue weighted by molar-refractivity contribution is 7.83. The molecule has 3 aromatic rings. The lowest BCUT2D eigenvalue weighted by Gasteiger charge is -2.44. The van der Waals surface area contributed by atoms with E-state index in [0.717, 1.165) is 47.0 Å². The van der Waals surface area contributed by atoms with E-state index in [4.69, 9.17) is 0 Å². The van der Waals surface area contributed by atoms with Crippen molar-refractivity contribution in [2.75, 3.05) is 26.2 Å². The largest absolute Gasteiger partial charge is 0.392 e. The topological polar surface area (TPSA) is 41.4 Å². The number of alkyl halides is 3. The number of fused-ring (bicyclic) bond motifs is 1. The predicted molar refractivity (Wildman–Crippen MR) is 133 cm³/mol. The van der Waals surface area contributed by atoms with Crippen molar-refractivity contribution in [3.8, 4) is 5.69 Å². The van der Waals surface area contributed by atoms with Gasteiger partial charge in [0.25, 0.3) is 0 Å². The Morgan fingerprint density at radius 2 is 1.86 bits per heavy atom. The van der Waals surface area contributed by atoms with E-state index >= 15 is 0 Å². The van der Waals surface area contributed by atoms with Gasteiger partial charge in [0.1, 0.15) is 5.82 Å². The SMILES string of the molecule is Cc1cc2c(cnn2-c2ccc(F)cc2)cc1C1CN(S(=O)C2CCC2)CCN1CC(C)C(F)(F)F. The number of hydrogen-bond acceptors (Lipinski definition) is 3. The molecule has 3 unspecified atom stereocenters. The average molecular weight is 523 g/mol. The first-order valence-corrected chi connectivity index (χ1v) is 13.5. The molecule has 0 amide bonds. The molecule has 194 valence electrons. The minimum atomic E-state index is -4.27. The van der Waals surface area contributed by atoms with Gasteiger partial charge in [0.2, 0.25) is 0 Å². The van der Waals surface area contributed by atoms with E-state index in [1.165, 1.54) is 19.1 Å². The van der Waals surface area contributed by atoms with E-state index < -0.39 is 23.1 Å². The molecule has 3 atom stereocenters. The zero-order chi connectivity index (χ0) is 25.6. The fourth-order valence-corrected chi connectivity index (χ4v) is 6.76. The summed E-state index contributed by atoms with van der Waals surface area (Å²) in [4.78, 5) is 1.89. The van der Waals surface area contributed by atoms with Gasteiger partial charge in [-0.05, 0) is 67.3 Å². The standard InChI is InChI=1S/C26H30F4N4OS/c1-17-12-24-19(14-31-34(24)21-8-6-20(27)7-9-21)13-23(17)25-16-33(36(35)22-4-3-5-22)11-10-32(25)15-18(2)26(28,29)30/h6-9,12-14,18,22,25H,3-5,10-11,15-16H2,1-2H3. The molecule has 0 radical (unpaired) electrons. The lowest BCUT2D eigenvalue weighted by atomic mass is 9.95. The number of rotatable bonds is 6. The molecule has 1 aromatic heterocycles. The highest BCUT2D eigenvalue weighted by Gasteiger charge is 2.41. The molecular formula is C26H30F4N4OS. The normalized spacial score (nSPS) is 22.0. The highest BCUT2D eigenvalue weighted by Crippen LogP contribution is 2.36. The minimum Gasteiger partial charge on any atom is -0.293 e. The Morgan fingerprint density at radius 1 is 1.14 bits per heavy atom. The average Bonchev–Trinajstić information content (AvgIpc) is 3.20.